The van der Waals surface area contributed by atoms with Crippen molar-refractivity contribution >= 4 is 20.8 Å². The summed E-state index contributed by atoms with van der Waals surface area (Å²) in [6.45, 7) is 2.47. The van der Waals surface area contributed by atoms with E-state index in [1.807, 2.05) is 6.92 Å². The van der Waals surface area contributed by atoms with Crippen LogP contribution in [0.2, 0.25) is 0 Å². The fraction of sp³-hybridized carbons (Fsp3) is 0.385. The van der Waals surface area contributed by atoms with E-state index < -0.39 is 21.7 Å². The maximum atomic E-state index is 13.6. The van der Waals surface area contributed by atoms with Crippen LogP contribution in [0.3, 0.4) is 0 Å². The molecule has 1 N–H and O–H groups in total. The lowest BCUT2D eigenvalue weighted by molar-refractivity contribution is 0.448. The van der Waals surface area contributed by atoms with Gasteiger partial charge in [0.15, 0.2) is 11.4 Å². The fourth-order valence-corrected chi connectivity index (χ4v) is 2.90. The number of sulfone groups is 1. The molecular formula is C13H16FNO3S. The number of para-hydroxylation sites is 1. The Morgan fingerprint density at radius 3 is 2.74 bits per heavy atom. The maximum absolute atomic E-state index is 13.6. The average Bonchev–Trinajstić information content (AvgIpc) is 2.72. The van der Waals surface area contributed by atoms with Gasteiger partial charge in [-0.3, -0.25) is 0 Å². The smallest absolute Gasteiger partial charge is 0.169 e. The van der Waals surface area contributed by atoms with Crippen LogP contribution in [-0.2, 0) is 9.84 Å². The van der Waals surface area contributed by atoms with Crippen LogP contribution in [-0.4, -0.2) is 27.0 Å². The first-order valence-corrected chi connectivity index (χ1v) is 8.06. The summed E-state index contributed by atoms with van der Waals surface area (Å²) in [7, 11) is -3.16. The van der Waals surface area contributed by atoms with E-state index in [2.05, 4.69) is 5.32 Å². The zero-order chi connectivity index (χ0) is 14.0. The summed E-state index contributed by atoms with van der Waals surface area (Å²) >= 11 is 0. The van der Waals surface area contributed by atoms with E-state index in [0.717, 1.165) is 0 Å². The normalized spacial score (nSPS) is 13.8. The molecular weight excluding hydrogens is 269 g/mol. The van der Waals surface area contributed by atoms with Crippen molar-refractivity contribution in [2.45, 2.75) is 13.0 Å². The number of benzene rings is 1. The number of halogens is 1. The van der Waals surface area contributed by atoms with Gasteiger partial charge in [0, 0.05) is 11.6 Å². The predicted molar refractivity (Wildman–Crippen MR) is 72.3 cm³/mol. The summed E-state index contributed by atoms with van der Waals surface area (Å²) in [5.41, 5.74) is 0.161. The van der Waals surface area contributed by atoms with Crippen LogP contribution in [0.5, 0.6) is 0 Å². The Balaban J connectivity index is 2.41. The second-order valence-corrected chi connectivity index (χ2v) is 6.69. The minimum Gasteiger partial charge on any atom is -0.456 e. The minimum atomic E-state index is -3.16. The summed E-state index contributed by atoms with van der Waals surface area (Å²) in [5.74, 6) is -0.0897. The van der Waals surface area contributed by atoms with Crippen molar-refractivity contribution in [1.29, 1.82) is 0 Å². The summed E-state index contributed by atoms with van der Waals surface area (Å²) in [6.07, 6.45) is 1.17. The molecule has 0 saturated carbocycles. The molecule has 0 aliphatic heterocycles. The summed E-state index contributed by atoms with van der Waals surface area (Å²) in [5, 5.41) is 3.67. The van der Waals surface area contributed by atoms with Crippen LogP contribution in [0.1, 0.15) is 18.7 Å². The van der Waals surface area contributed by atoms with Gasteiger partial charge >= 0.3 is 0 Å². The van der Waals surface area contributed by atoms with Gasteiger partial charge in [-0.05, 0) is 18.7 Å². The van der Waals surface area contributed by atoms with Crippen LogP contribution >= 0.6 is 0 Å². The Morgan fingerprint density at radius 2 is 2.16 bits per heavy atom. The van der Waals surface area contributed by atoms with Crippen LogP contribution in [0.4, 0.5) is 4.39 Å². The molecule has 104 valence electrons. The topological polar surface area (TPSA) is 59.3 Å². The monoisotopic (exact) mass is 285 g/mol. The highest BCUT2D eigenvalue weighted by molar-refractivity contribution is 7.90. The Bertz CT molecular complexity index is 678. The zero-order valence-electron chi connectivity index (χ0n) is 10.8. The van der Waals surface area contributed by atoms with Crippen LogP contribution in [0, 0.1) is 5.82 Å². The molecule has 6 heteroatoms. The highest BCUT2D eigenvalue weighted by Gasteiger charge is 2.21. The Labute approximate surface area is 111 Å². The first-order valence-electron chi connectivity index (χ1n) is 6.00. The SMILES string of the molecule is CCNC(CS(C)(=O)=O)c1cc2cccc(F)c2o1. The lowest BCUT2D eigenvalue weighted by Gasteiger charge is -2.13. The van der Waals surface area contributed by atoms with E-state index in [4.69, 9.17) is 4.42 Å². The van der Waals surface area contributed by atoms with Crippen LogP contribution in [0.25, 0.3) is 11.0 Å². The summed E-state index contributed by atoms with van der Waals surface area (Å²) in [4.78, 5) is 0. The molecule has 4 nitrogen and oxygen atoms in total. The average molecular weight is 285 g/mol. The Kier molecular flexibility index (Phi) is 3.91. The largest absolute Gasteiger partial charge is 0.456 e. The van der Waals surface area contributed by atoms with E-state index in [9.17, 15) is 12.8 Å². The van der Waals surface area contributed by atoms with Gasteiger partial charge in [0.1, 0.15) is 15.6 Å². The van der Waals surface area contributed by atoms with E-state index in [1.54, 1.807) is 18.2 Å². The molecule has 0 radical (unpaired) electrons. The number of fused-ring (bicyclic) bond motifs is 1. The van der Waals surface area contributed by atoms with Crippen molar-refractivity contribution in [3.63, 3.8) is 0 Å². The van der Waals surface area contributed by atoms with Crippen molar-refractivity contribution in [2.75, 3.05) is 18.6 Å². The predicted octanol–water partition coefficient (Wildman–Crippen LogP) is 2.27. The number of furan rings is 1. The van der Waals surface area contributed by atoms with Crippen molar-refractivity contribution in [3.8, 4) is 0 Å². The number of hydrogen-bond acceptors (Lipinski definition) is 4. The maximum Gasteiger partial charge on any atom is 0.169 e. The molecule has 0 aliphatic rings. The van der Waals surface area contributed by atoms with Crippen molar-refractivity contribution in [1.82, 2.24) is 5.32 Å². The molecule has 0 saturated heterocycles. The van der Waals surface area contributed by atoms with Gasteiger partial charge in [0.2, 0.25) is 0 Å². The van der Waals surface area contributed by atoms with Gasteiger partial charge in [-0.1, -0.05) is 19.1 Å². The first-order chi connectivity index (χ1) is 8.90. The molecule has 1 unspecified atom stereocenters. The molecule has 1 heterocycles. The summed E-state index contributed by atoms with van der Waals surface area (Å²) in [6, 6.07) is 5.85. The molecule has 0 spiro atoms. The second-order valence-electron chi connectivity index (χ2n) is 4.51. The minimum absolute atomic E-state index is 0.0811. The lowest BCUT2D eigenvalue weighted by atomic mass is 10.2. The molecule has 2 rings (SSSR count). The van der Waals surface area contributed by atoms with Gasteiger partial charge in [0.05, 0.1) is 11.8 Å². The van der Waals surface area contributed by atoms with Gasteiger partial charge in [-0.15, -0.1) is 0 Å². The van der Waals surface area contributed by atoms with E-state index in [-0.39, 0.29) is 11.3 Å². The van der Waals surface area contributed by atoms with Crippen molar-refractivity contribution in [2.24, 2.45) is 0 Å². The number of hydrogen-bond donors (Lipinski definition) is 1. The van der Waals surface area contributed by atoms with Crippen molar-refractivity contribution < 1.29 is 17.2 Å². The Hall–Kier alpha value is -1.40. The van der Waals surface area contributed by atoms with Crippen molar-refractivity contribution in [3.05, 3.63) is 35.8 Å². The molecule has 1 aromatic carbocycles. The zero-order valence-corrected chi connectivity index (χ0v) is 11.6. The molecule has 19 heavy (non-hydrogen) atoms. The molecule has 0 aliphatic carbocycles. The quantitative estimate of drug-likeness (QED) is 0.915. The standard InChI is InChI=1S/C13H16FNO3S/c1-3-15-11(8-19(2,16)17)12-7-9-5-4-6-10(14)13(9)18-12/h4-7,11,15H,3,8H2,1-2H3. The summed E-state index contributed by atoms with van der Waals surface area (Å²) < 4.78 is 41.8. The molecule has 0 fully saturated rings. The van der Waals surface area contributed by atoms with E-state index >= 15 is 0 Å². The molecule has 0 bridgehead atoms. The highest BCUT2D eigenvalue weighted by Crippen LogP contribution is 2.26. The lowest BCUT2D eigenvalue weighted by Crippen LogP contribution is -2.27. The van der Waals surface area contributed by atoms with E-state index in [1.165, 1.54) is 12.3 Å². The van der Waals surface area contributed by atoms with Crippen LogP contribution in [0.15, 0.2) is 28.7 Å². The van der Waals surface area contributed by atoms with Gasteiger partial charge in [-0.2, -0.15) is 0 Å². The molecule has 1 atom stereocenters. The van der Waals surface area contributed by atoms with E-state index in [0.29, 0.717) is 17.7 Å². The second kappa shape index (κ2) is 5.30. The molecule has 1 aromatic heterocycles. The molecule has 0 amide bonds. The third-order valence-corrected chi connectivity index (χ3v) is 3.72. The van der Waals surface area contributed by atoms with Crippen LogP contribution < -0.4 is 5.32 Å². The van der Waals surface area contributed by atoms with Gasteiger partial charge in [-0.25, -0.2) is 12.8 Å². The third kappa shape index (κ3) is 3.33. The highest BCUT2D eigenvalue weighted by atomic mass is 32.2. The molecule has 2 aromatic rings. The Morgan fingerprint density at radius 1 is 1.42 bits per heavy atom. The third-order valence-electron chi connectivity index (χ3n) is 2.78. The number of rotatable bonds is 5. The first kappa shape index (κ1) is 14.0. The fourth-order valence-electron chi connectivity index (χ4n) is 2.01. The van der Waals surface area contributed by atoms with Gasteiger partial charge < -0.3 is 9.73 Å². The van der Waals surface area contributed by atoms with Gasteiger partial charge in [0.25, 0.3) is 0 Å². The number of nitrogens with one attached hydrogen (secondary N) is 1.